The molecule has 0 bridgehead atoms. The van der Waals surface area contributed by atoms with E-state index in [9.17, 15) is 0 Å². The molecule has 0 aromatic heterocycles. The van der Waals surface area contributed by atoms with Crippen molar-refractivity contribution >= 4 is 0 Å². The molecule has 0 aliphatic rings. The SMILES string of the molecule is [CH-].[Y].[Y].[Y]. The molecular weight excluding hydrogens is 279 g/mol. The van der Waals surface area contributed by atoms with E-state index in [0.29, 0.717) is 0 Å². The van der Waals surface area contributed by atoms with E-state index in [2.05, 4.69) is 0 Å². The summed E-state index contributed by atoms with van der Waals surface area (Å²) in [6.07, 6.45) is 0. The van der Waals surface area contributed by atoms with E-state index in [1.54, 1.807) is 0 Å². The summed E-state index contributed by atoms with van der Waals surface area (Å²) >= 11 is 0. The minimum Gasteiger partial charge on any atom is -0.726 e. The van der Waals surface area contributed by atoms with Gasteiger partial charge in [-0.3, -0.25) is 0 Å². The van der Waals surface area contributed by atoms with E-state index in [4.69, 9.17) is 0 Å². The van der Waals surface area contributed by atoms with Gasteiger partial charge in [-0.25, -0.2) is 0 Å². The van der Waals surface area contributed by atoms with E-state index < -0.39 is 0 Å². The standard InChI is InChI=1S/CH.3Y/h1H;;;/q-1;;;. The van der Waals surface area contributed by atoms with Crippen LogP contribution in [0, 0.1) is 7.43 Å². The fourth-order valence-electron chi connectivity index (χ4n) is 0. The molecule has 0 aliphatic heterocycles. The molecule has 0 rings (SSSR count). The minimum atomic E-state index is 0. The average Bonchev–Trinajstić information content (AvgIpc) is 0. The molecule has 5 radical (unpaired) electrons. The second kappa shape index (κ2) is 16.2. The Balaban J connectivity index is 0. The van der Waals surface area contributed by atoms with Crippen molar-refractivity contribution in [2.45, 2.75) is 0 Å². The Kier molecular flexibility index (Phi) is 108. The first-order valence-corrected chi connectivity index (χ1v) is 0. The normalized spacial score (nSPS) is 0. The van der Waals surface area contributed by atoms with Crippen molar-refractivity contribution in [1.29, 1.82) is 0 Å². The van der Waals surface area contributed by atoms with Gasteiger partial charge in [-0.15, -0.1) is 0 Å². The van der Waals surface area contributed by atoms with Crippen molar-refractivity contribution in [3.63, 3.8) is 0 Å². The van der Waals surface area contributed by atoms with Gasteiger partial charge in [0.2, 0.25) is 0 Å². The molecule has 4 heavy (non-hydrogen) atoms. The molecule has 0 fully saturated rings. The summed E-state index contributed by atoms with van der Waals surface area (Å²) in [4.78, 5) is 0. The van der Waals surface area contributed by atoms with Gasteiger partial charge in [0.05, 0.1) is 0 Å². The molecule has 3 heteroatoms. The van der Waals surface area contributed by atoms with Crippen molar-refractivity contribution in [2.24, 2.45) is 0 Å². The molecule has 0 saturated heterocycles. The van der Waals surface area contributed by atoms with Crippen LogP contribution in [0.4, 0.5) is 0 Å². The zero-order valence-corrected chi connectivity index (χ0v) is 10.8. The Morgan fingerprint density at radius 3 is 0.500 bits per heavy atom. The predicted molar refractivity (Wildman–Crippen MR) is 4.30 cm³/mol. The third kappa shape index (κ3) is 9.00. The van der Waals surface area contributed by atoms with Crippen molar-refractivity contribution in [2.75, 3.05) is 0 Å². The monoisotopic (exact) mass is 280 g/mol. The van der Waals surface area contributed by atoms with Gasteiger partial charge in [0.1, 0.15) is 0 Å². The van der Waals surface area contributed by atoms with Crippen LogP contribution in [0.2, 0.25) is 0 Å². The molecule has 0 spiro atoms. The molecule has 0 aromatic rings. The Bertz CT molecular complexity index is 3.25. The zero-order valence-electron chi connectivity index (χ0n) is 2.31. The predicted octanol–water partition coefficient (Wildman–Crippen LogP) is 0.197. The van der Waals surface area contributed by atoms with Crippen LogP contribution < -0.4 is 0 Å². The Labute approximate surface area is 103 Å². The molecule has 0 atom stereocenters. The van der Waals surface area contributed by atoms with E-state index in [1.807, 2.05) is 0 Å². The summed E-state index contributed by atoms with van der Waals surface area (Å²) in [6.45, 7) is 0. The minimum absolute atomic E-state index is 0. The molecule has 0 N–H and O–H groups in total. The second-order valence-electron chi connectivity index (χ2n) is 0. The van der Waals surface area contributed by atoms with Gasteiger partial charge < -0.3 is 7.43 Å². The van der Waals surface area contributed by atoms with Crippen LogP contribution in [-0.2, 0) is 98.1 Å². The first-order chi connectivity index (χ1) is 0. The van der Waals surface area contributed by atoms with E-state index in [0.717, 1.165) is 0 Å². The van der Waals surface area contributed by atoms with Gasteiger partial charge >= 0.3 is 0 Å². The zero-order chi connectivity index (χ0) is 0. The van der Waals surface area contributed by atoms with Crippen molar-refractivity contribution in [1.82, 2.24) is 0 Å². The van der Waals surface area contributed by atoms with Crippen molar-refractivity contribution in [3.8, 4) is 0 Å². The van der Waals surface area contributed by atoms with Crippen molar-refractivity contribution < 1.29 is 98.1 Å². The second-order valence-corrected chi connectivity index (χ2v) is 0. The van der Waals surface area contributed by atoms with Crippen LogP contribution in [-0.4, -0.2) is 0 Å². The van der Waals surface area contributed by atoms with Crippen LogP contribution in [0.15, 0.2) is 0 Å². The molecule has 0 aromatic carbocycles. The first-order valence-electron chi connectivity index (χ1n) is 0. The van der Waals surface area contributed by atoms with Crippen molar-refractivity contribution in [3.05, 3.63) is 7.43 Å². The van der Waals surface area contributed by atoms with Gasteiger partial charge in [0, 0.05) is 98.1 Å². The van der Waals surface area contributed by atoms with E-state index >= 15 is 0 Å². The molecule has 0 heterocycles. The molecule has 0 aliphatic carbocycles. The summed E-state index contributed by atoms with van der Waals surface area (Å²) in [5, 5.41) is 0. The molecule has 0 saturated carbocycles. The maximum absolute atomic E-state index is 0. The Morgan fingerprint density at radius 1 is 0.500 bits per heavy atom. The fraction of sp³-hybridized carbons (Fsp3) is 0. The topological polar surface area (TPSA) is 0 Å². The Hall–Kier alpha value is 3.31. The molecule has 0 nitrogen and oxygen atoms in total. The fourth-order valence-corrected chi connectivity index (χ4v) is 0. The maximum atomic E-state index is 0. The summed E-state index contributed by atoms with van der Waals surface area (Å²) < 4.78 is 0. The summed E-state index contributed by atoms with van der Waals surface area (Å²) in [7, 11) is 0. The molecule has 0 amide bonds. The third-order valence-corrected chi connectivity index (χ3v) is 0. The molecule has 15 valence electrons. The first kappa shape index (κ1) is 26.6. The number of rotatable bonds is 0. The van der Waals surface area contributed by atoms with Gasteiger partial charge in [0.15, 0.2) is 0 Å². The Morgan fingerprint density at radius 2 is 0.500 bits per heavy atom. The van der Waals surface area contributed by atoms with Crippen LogP contribution in [0.3, 0.4) is 0 Å². The third-order valence-electron chi connectivity index (χ3n) is 0. The summed E-state index contributed by atoms with van der Waals surface area (Å²) in [6, 6.07) is 0. The summed E-state index contributed by atoms with van der Waals surface area (Å²) in [5.41, 5.74) is 0. The van der Waals surface area contributed by atoms with E-state index in [-0.39, 0.29) is 106 Å². The molecule has 0 unspecified atom stereocenters. The quantitative estimate of drug-likeness (QED) is 0.556. The van der Waals surface area contributed by atoms with Crippen LogP contribution in [0.5, 0.6) is 0 Å². The van der Waals surface area contributed by atoms with E-state index in [1.165, 1.54) is 0 Å². The number of hydrogen-bond acceptors (Lipinski definition) is 0. The maximum Gasteiger partial charge on any atom is 0 e. The van der Waals surface area contributed by atoms with Gasteiger partial charge in [-0.1, -0.05) is 0 Å². The van der Waals surface area contributed by atoms with Crippen LogP contribution >= 0.6 is 0 Å². The van der Waals surface area contributed by atoms with Gasteiger partial charge in [0.25, 0.3) is 0 Å². The summed E-state index contributed by atoms with van der Waals surface area (Å²) in [5.74, 6) is 0. The largest absolute Gasteiger partial charge is 0.726 e. The van der Waals surface area contributed by atoms with Crippen LogP contribution in [0.25, 0.3) is 0 Å². The van der Waals surface area contributed by atoms with Gasteiger partial charge in [-0.05, 0) is 0 Å². The number of hydrogen-bond donors (Lipinski definition) is 0. The van der Waals surface area contributed by atoms with Gasteiger partial charge in [-0.2, -0.15) is 0 Å². The van der Waals surface area contributed by atoms with Crippen LogP contribution in [0.1, 0.15) is 0 Å². The average molecular weight is 280 g/mol. The smallest absolute Gasteiger partial charge is 0 e. The molecular formula is CHY3-.